The fraction of sp³-hybridized carbons (Fsp3) is 0.846. The Morgan fingerprint density at radius 2 is 1.73 bits per heavy atom. The molecule has 1 heterocycles. The van der Waals surface area contributed by atoms with Gasteiger partial charge < -0.3 is 20.7 Å². The summed E-state index contributed by atoms with van der Waals surface area (Å²) in [5.74, 6) is -2.01. The molecule has 0 aromatic carbocycles. The number of rotatable bonds is 2. The van der Waals surface area contributed by atoms with Crippen LogP contribution in [0, 0.1) is 0 Å². The molecule has 0 aliphatic carbocycles. The Balaban J connectivity index is 2.64. The van der Waals surface area contributed by atoms with Gasteiger partial charge in [0.1, 0.15) is 5.60 Å². The van der Waals surface area contributed by atoms with Gasteiger partial charge in [-0.1, -0.05) is 0 Å². The molecule has 0 unspecified atom stereocenters. The lowest BCUT2D eigenvalue weighted by atomic mass is 9.87. The number of likely N-dealkylation sites (tertiary alicyclic amines) is 1. The number of nitrogens with zero attached hydrogens (tertiary/aromatic N) is 1. The maximum atomic E-state index is 12.4. The van der Waals surface area contributed by atoms with Crippen LogP contribution in [0.2, 0.25) is 0 Å². The second-order valence-electron chi connectivity index (χ2n) is 6.40. The van der Waals surface area contributed by atoms with Gasteiger partial charge in [-0.3, -0.25) is 4.79 Å². The third-order valence-corrected chi connectivity index (χ3v) is 3.40. The standard InChI is InChI=1S/C13H22F3N3O3/c1-11(2,3)22-10(21)19-6-4-12(8-17,5-7-19)18-9(20)13(14,15)16/h4-8,17H2,1-3H3,(H,18,20). The number of ether oxygens (including phenoxy) is 1. The molecule has 1 fully saturated rings. The molecule has 0 saturated carbocycles. The Kier molecular flexibility index (Phi) is 5.32. The molecule has 0 radical (unpaired) electrons. The summed E-state index contributed by atoms with van der Waals surface area (Å²) >= 11 is 0. The first-order valence-corrected chi connectivity index (χ1v) is 6.96. The largest absolute Gasteiger partial charge is 0.471 e. The van der Waals surface area contributed by atoms with Crippen LogP contribution in [0.15, 0.2) is 0 Å². The van der Waals surface area contributed by atoms with Crippen molar-refractivity contribution in [1.82, 2.24) is 10.2 Å². The summed E-state index contributed by atoms with van der Waals surface area (Å²) in [6, 6.07) is 0. The number of hydrogen-bond acceptors (Lipinski definition) is 4. The lowest BCUT2D eigenvalue weighted by Crippen LogP contribution is -2.62. The molecule has 6 nitrogen and oxygen atoms in total. The quantitative estimate of drug-likeness (QED) is 0.803. The van der Waals surface area contributed by atoms with E-state index in [0.717, 1.165) is 0 Å². The van der Waals surface area contributed by atoms with E-state index in [4.69, 9.17) is 10.5 Å². The molecule has 1 rings (SSSR count). The number of nitrogens with one attached hydrogen (secondary N) is 1. The molecule has 0 bridgehead atoms. The lowest BCUT2D eigenvalue weighted by Gasteiger charge is -2.41. The maximum Gasteiger partial charge on any atom is 0.471 e. The van der Waals surface area contributed by atoms with Crippen LogP contribution in [-0.4, -0.2) is 53.9 Å². The fourth-order valence-electron chi connectivity index (χ4n) is 2.14. The van der Waals surface area contributed by atoms with Crippen LogP contribution >= 0.6 is 0 Å². The molecule has 1 saturated heterocycles. The molecule has 22 heavy (non-hydrogen) atoms. The van der Waals surface area contributed by atoms with E-state index in [2.05, 4.69) is 0 Å². The minimum Gasteiger partial charge on any atom is -0.444 e. The van der Waals surface area contributed by atoms with E-state index >= 15 is 0 Å². The number of nitrogens with two attached hydrogens (primary N) is 1. The topological polar surface area (TPSA) is 84.7 Å². The van der Waals surface area contributed by atoms with Crippen LogP contribution < -0.4 is 11.1 Å². The van der Waals surface area contributed by atoms with Crippen molar-refractivity contribution < 1.29 is 27.5 Å². The number of halogens is 3. The van der Waals surface area contributed by atoms with Crippen molar-refractivity contribution in [3.05, 3.63) is 0 Å². The Hall–Kier alpha value is -1.51. The Labute approximate surface area is 127 Å². The minimum absolute atomic E-state index is 0.128. The smallest absolute Gasteiger partial charge is 0.444 e. The lowest BCUT2D eigenvalue weighted by molar-refractivity contribution is -0.176. The highest BCUT2D eigenvalue weighted by Gasteiger charge is 2.45. The van der Waals surface area contributed by atoms with Crippen LogP contribution in [0.25, 0.3) is 0 Å². The van der Waals surface area contributed by atoms with Crippen molar-refractivity contribution in [1.29, 1.82) is 0 Å². The maximum absolute atomic E-state index is 12.4. The van der Waals surface area contributed by atoms with E-state index in [9.17, 15) is 22.8 Å². The first-order chi connectivity index (χ1) is 9.88. The molecule has 3 N–H and O–H groups in total. The number of carbonyl (C=O) groups is 2. The highest BCUT2D eigenvalue weighted by molar-refractivity contribution is 5.82. The zero-order chi connectivity index (χ0) is 17.2. The third-order valence-electron chi connectivity index (χ3n) is 3.40. The van der Waals surface area contributed by atoms with Gasteiger partial charge in [-0.15, -0.1) is 0 Å². The summed E-state index contributed by atoms with van der Waals surface area (Å²) in [5.41, 5.74) is 3.74. The van der Waals surface area contributed by atoms with Crippen molar-refractivity contribution in [2.45, 2.75) is 50.9 Å². The number of carbonyl (C=O) groups excluding carboxylic acids is 2. The van der Waals surface area contributed by atoms with Gasteiger partial charge >= 0.3 is 18.2 Å². The second kappa shape index (κ2) is 6.31. The summed E-state index contributed by atoms with van der Waals surface area (Å²) in [6.07, 6.45) is -5.19. The molecule has 0 atom stereocenters. The van der Waals surface area contributed by atoms with Crippen LogP contribution in [-0.2, 0) is 9.53 Å². The summed E-state index contributed by atoms with van der Waals surface area (Å²) in [6.45, 7) is 5.39. The SMILES string of the molecule is CC(C)(C)OC(=O)N1CCC(CN)(NC(=O)C(F)(F)F)CC1. The molecule has 0 aromatic rings. The zero-order valence-corrected chi connectivity index (χ0v) is 12.9. The van der Waals surface area contributed by atoms with Crippen molar-refractivity contribution in [2.24, 2.45) is 5.73 Å². The van der Waals surface area contributed by atoms with E-state index in [0.29, 0.717) is 0 Å². The molecule has 2 amide bonds. The van der Waals surface area contributed by atoms with Crippen molar-refractivity contribution in [3.8, 4) is 0 Å². The number of alkyl halides is 3. The highest BCUT2D eigenvalue weighted by Crippen LogP contribution is 2.25. The van der Waals surface area contributed by atoms with Crippen LogP contribution in [0.4, 0.5) is 18.0 Å². The van der Waals surface area contributed by atoms with Crippen LogP contribution in [0.1, 0.15) is 33.6 Å². The van der Waals surface area contributed by atoms with Gasteiger partial charge in [0.15, 0.2) is 0 Å². The van der Waals surface area contributed by atoms with Crippen LogP contribution in [0.5, 0.6) is 0 Å². The number of piperidine rings is 1. The van der Waals surface area contributed by atoms with Gasteiger partial charge in [-0.2, -0.15) is 13.2 Å². The van der Waals surface area contributed by atoms with E-state index in [1.165, 1.54) is 4.90 Å². The predicted molar refractivity (Wildman–Crippen MR) is 73.0 cm³/mol. The van der Waals surface area contributed by atoms with Gasteiger partial charge in [0.05, 0.1) is 5.54 Å². The van der Waals surface area contributed by atoms with Crippen molar-refractivity contribution in [2.75, 3.05) is 19.6 Å². The molecular formula is C13H22F3N3O3. The average molecular weight is 325 g/mol. The van der Waals surface area contributed by atoms with Crippen molar-refractivity contribution in [3.63, 3.8) is 0 Å². The molecule has 0 spiro atoms. The highest BCUT2D eigenvalue weighted by atomic mass is 19.4. The first-order valence-electron chi connectivity index (χ1n) is 6.96. The van der Waals surface area contributed by atoms with Gasteiger partial charge in [0, 0.05) is 19.6 Å². The molecule has 128 valence electrons. The van der Waals surface area contributed by atoms with Gasteiger partial charge in [0.25, 0.3) is 0 Å². The summed E-state index contributed by atoms with van der Waals surface area (Å²) in [5, 5.41) is 1.96. The molecule has 0 aromatic heterocycles. The summed E-state index contributed by atoms with van der Waals surface area (Å²) in [4.78, 5) is 24.4. The monoisotopic (exact) mass is 325 g/mol. The number of hydrogen-bond donors (Lipinski definition) is 2. The first kappa shape index (κ1) is 18.5. The Bertz CT molecular complexity index is 424. The molecule has 1 aliphatic rings. The molecule has 1 aliphatic heterocycles. The Morgan fingerprint density at radius 1 is 1.23 bits per heavy atom. The van der Waals surface area contributed by atoms with Gasteiger partial charge in [-0.05, 0) is 33.6 Å². The van der Waals surface area contributed by atoms with E-state index in [1.807, 2.05) is 5.32 Å². The molecular weight excluding hydrogens is 303 g/mol. The minimum atomic E-state index is -4.95. The zero-order valence-electron chi connectivity index (χ0n) is 12.9. The normalized spacial score (nSPS) is 18.8. The van der Waals surface area contributed by atoms with Gasteiger partial charge in [0.2, 0.25) is 0 Å². The van der Waals surface area contributed by atoms with Crippen molar-refractivity contribution >= 4 is 12.0 Å². The van der Waals surface area contributed by atoms with Crippen LogP contribution in [0.3, 0.4) is 0 Å². The summed E-state index contributed by atoms with van der Waals surface area (Å²) < 4.78 is 42.3. The Morgan fingerprint density at radius 3 is 2.09 bits per heavy atom. The third kappa shape index (κ3) is 5.04. The predicted octanol–water partition coefficient (Wildman–Crippen LogP) is 1.39. The van der Waals surface area contributed by atoms with Gasteiger partial charge in [-0.25, -0.2) is 4.79 Å². The van der Waals surface area contributed by atoms with E-state index in [-0.39, 0.29) is 32.5 Å². The average Bonchev–Trinajstić information content (AvgIpc) is 2.36. The second-order valence-corrected chi connectivity index (χ2v) is 6.40. The van der Waals surface area contributed by atoms with E-state index in [1.54, 1.807) is 20.8 Å². The number of amides is 2. The van der Waals surface area contributed by atoms with E-state index < -0.39 is 29.3 Å². The molecule has 9 heteroatoms. The summed E-state index contributed by atoms with van der Waals surface area (Å²) in [7, 11) is 0. The fourth-order valence-corrected chi connectivity index (χ4v) is 2.14.